The Kier molecular flexibility index (Phi) is 4.13. The maximum Gasteiger partial charge on any atom is 0.107 e. The van der Waals surface area contributed by atoms with Gasteiger partial charge in [0.05, 0.1) is 6.07 Å². The van der Waals surface area contributed by atoms with Crippen molar-refractivity contribution in [3.63, 3.8) is 0 Å². The normalized spacial score (nSPS) is 27.9. The molecule has 0 aliphatic heterocycles. The fraction of sp³-hybridized carbons (Fsp3) is 0.462. The van der Waals surface area contributed by atoms with E-state index in [1.165, 1.54) is 4.90 Å². The molecule has 2 nitrogen and oxygen atoms in total. The zero-order valence-corrected chi connectivity index (χ0v) is 12.1. The molecule has 0 bridgehead atoms. The third kappa shape index (κ3) is 2.85. The first kappa shape index (κ1) is 12.9. The number of rotatable bonds is 3. The Labute approximate surface area is 115 Å². The molecule has 0 amide bonds. The number of nitrogens with one attached hydrogen (secondary N) is 1. The topological polar surface area (TPSA) is 35.8 Å². The average Bonchev–Trinajstić information content (AvgIpc) is 2.76. The fourth-order valence-corrected chi connectivity index (χ4v) is 4.07. The summed E-state index contributed by atoms with van der Waals surface area (Å²) in [6, 6.07) is 10.7. The molecule has 1 aromatic carbocycles. The quantitative estimate of drug-likeness (QED) is 0.927. The summed E-state index contributed by atoms with van der Waals surface area (Å²) in [5, 5.41) is 12.9. The van der Waals surface area contributed by atoms with Crippen LogP contribution in [0.5, 0.6) is 0 Å². The Bertz CT molecular complexity index is 443. The second-order valence-electron chi connectivity index (χ2n) is 4.36. The van der Waals surface area contributed by atoms with Gasteiger partial charge in [-0.05, 0) is 54.4 Å². The van der Waals surface area contributed by atoms with E-state index in [9.17, 15) is 5.26 Å². The molecule has 2 rings (SSSR count). The number of nitriles is 1. The molecule has 90 valence electrons. The predicted octanol–water partition coefficient (Wildman–Crippen LogP) is 3.58. The molecule has 1 aliphatic rings. The van der Waals surface area contributed by atoms with Gasteiger partial charge in [0.25, 0.3) is 0 Å². The Morgan fingerprint density at radius 3 is 2.88 bits per heavy atom. The Hall–Kier alpha value is -0.500. The van der Waals surface area contributed by atoms with Gasteiger partial charge in [-0.1, -0.05) is 12.1 Å². The van der Waals surface area contributed by atoms with Crippen LogP contribution in [0.1, 0.15) is 19.3 Å². The van der Waals surface area contributed by atoms with Gasteiger partial charge in [-0.15, -0.1) is 11.8 Å². The van der Waals surface area contributed by atoms with Crippen molar-refractivity contribution in [2.24, 2.45) is 0 Å². The van der Waals surface area contributed by atoms with Crippen molar-refractivity contribution in [3.8, 4) is 6.07 Å². The van der Waals surface area contributed by atoms with Crippen LogP contribution in [0.15, 0.2) is 33.6 Å². The highest BCUT2D eigenvalue weighted by Crippen LogP contribution is 2.41. The molecule has 0 saturated heterocycles. The van der Waals surface area contributed by atoms with E-state index in [4.69, 9.17) is 0 Å². The van der Waals surface area contributed by atoms with Crippen LogP contribution in [0.3, 0.4) is 0 Å². The number of halogens is 1. The molecule has 1 saturated carbocycles. The van der Waals surface area contributed by atoms with Crippen LogP contribution in [0.25, 0.3) is 0 Å². The maximum atomic E-state index is 9.22. The zero-order chi connectivity index (χ0) is 12.3. The van der Waals surface area contributed by atoms with Crippen molar-refractivity contribution in [3.05, 3.63) is 28.7 Å². The van der Waals surface area contributed by atoms with Gasteiger partial charge >= 0.3 is 0 Å². The molecule has 17 heavy (non-hydrogen) atoms. The third-order valence-corrected chi connectivity index (χ3v) is 5.59. The monoisotopic (exact) mass is 310 g/mol. The van der Waals surface area contributed by atoms with E-state index in [2.05, 4.69) is 45.5 Å². The lowest BCUT2D eigenvalue weighted by Crippen LogP contribution is -2.38. The summed E-state index contributed by atoms with van der Waals surface area (Å²) in [5.41, 5.74) is -0.307. The summed E-state index contributed by atoms with van der Waals surface area (Å²) >= 11 is 5.44. The van der Waals surface area contributed by atoms with Crippen LogP contribution in [0, 0.1) is 11.3 Å². The smallest absolute Gasteiger partial charge is 0.107 e. The van der Waals surface area contributed by atoms with Gasteiger partial charge in [-0.2, -0.15) is 5.26 Å². The van der Waals surface area contributed by atoms with Gasteiger partial charge in [-0.3, -0.25) is 0 Å². The van der Waals surface area contributed by atoms with Crippen molar-refractivity contribution >= 4 is 27.7 Å². The van der Waals surface area contributed by atoms with E-state index >= 15 is 0 Å². The van der Waals surface area contributed by atoms with Gasteiger partial charge in [0.1, 0.15) is 5.54 Å². The minimum Gasteiger partial charge on any atom is -0.302 e. The van der Waals surface area contributed by atoms with Crippen molar-refractivity contribution in [1.29, 1.82) is 5.26 Å². The van der Waals surface area contributed by atoms with E-state index in [0.29, 0.717) is 5.25 Å². The minimum absolute atomic E-state index is 0.307. The Morgan fingerprint density at radius 1 is 1.53 bits per heavy atom. The van der Waals surface area contributed by atoms with Gasteiger partial charge in [0.2, 0.25) is 0 Å². The molecule has 4 heteroatoms. The molecule has 0 radical (unpaired) electrons. The number of nitrogens with zero attached hydrogens (tertiary/aromatic N) is 1. The molecular formula is C13H15BrN2S. The van der Waals surface area contributed by atoms with Crippen LogP contribution in [-0.4, -0.2) is 17.8 Å². The van der Waals surface area contributed by atoms with Gasteiger partial charge in [0.15, 0.2) is 0 Å². The first-order chi connectivity index (χ1) is 8.19. The van der Waals surface area contributed by atoms with Crippen LogP contribution in [0.2, 0.25) is 0 Å². The second-order valence-corrected chi connectivity index (χ2v) is 6.55. The Morgan fingerprint density at radius 2 is 2.29 bits per heavy atom. The molecule has 1 aliphatic carbocycles. The van der Waals surface area contributed by atoms with Crippen LogP contribution >= 0.6 is 27.7 Å². The number of hydrogen-bond donors (Lipinski definition) is 1. The van der Waals surface area contributed by atoms with E-state index in [0.717, 1.165) is 23.7 Å². The lowest BCUT2D eigenvalue weighted by Gasteiger charge is -2.19. The van der Waals surface area contributed by atoms with Crippen LogP contribution in [-0.2, 0) is 0 Å². The van der Waals surface area contributed by atoms with E-state index in [1.54, 1.807) is 0 Å². The van der Waals surface area contributed by atoms with Crippen molar-refractivity contribution in [2.45, 2.75) is 34.9 Å². The van der Waals surface area contributed by atoms with Gasteiger partial charge < -0.3 is 5.32 Å². The number of thioether (sulfide) groups is 1. The third-order valence-electron chi connectivity index (χ3n) is 3.29. The second kappa shape index (κ2) is 5.43. The molecular weight excluding hydrogens is 296 g/mol. The molecule has 1 N–H and O–H groups in total. The number of benzene rings is 1. The highest BCUT2D eigenvalue weighted by Gasteiger charge is 2.38. The molecule has 0 spiro atoms. The summed E-state index contributed by atoms with van der Waals surface area (Å²) in [4.78, 5) is 1.27. The van der Waals surface area contributed by atoms with E-state index < -0.39 is 0 Å². The molecule has 0 heterocycles. The van der Waals surface area contributed by atoms with Crippen LogP contribution in [0.4, 0.5) is 0 Å². The van der Waals surface area contributed by atoms with E-state index in [-0.39, 0.29) is 5.54 Å². The van der Waals surface area contributed by atoms with Crippen molar-refractivity contribution in [2.75, 3.05) is 7.05 Å². The SMILES string of the molecule is CNC1(C#N)CCC(Sc2ccccc2Br)C1. The maximum absolute atomic E-state index is 9.22. The molecule has 0 aromatic heterocycles. The standard InChI is InChI=1S/C13H15BrN2S/c1-16-13(9-15)7-6-10(8-13)17-12-5-3-2-4-11(12)14/h2-5,10,16H,6-8H2,1H3. The first-order valence-corrected chi connectivity index (χ1v) is 7.38. The summed E-state index contributed by atoms with van der Waals surface area (Å²) in [6.07, 6.45) is 2.97. The minimum atomic E-state index is -0.307. The van der Waals surface area contributed by atoms with E-state index in [1.807, 2.05) is 24.9 Å². The molecule has 2 atom stereocenters. The predicted molar refractivity (Wildman–Crippen MR) is 75.0 cm³/mol. The largest absolute Gasteiger partial charge is 0.302 e. The zero-order valence-electron chi connectivity index (χ0n) is 9.74. The summed E-state index contributed by atoms with van der Waals surface area (Å²) in [7, 11) is 1.88. The lowest BCUT2D eigenvalue weighted by atomic mass is 10.0. The molecule has 1 aromatic rings. The highest BCUT2D eigenvalue weighted by molar-refractivity contribution is 9.10. The lowest BCUT2D eigenvalue weighted by molar-refractivity contribution is 0.464. The average molecular weight is 311 g/mol. The Balaban J connectivity index is 2.04. The fourth-order valence-electron chi connectivity index (χ4n) is 2.21. The van der Waals surface area contributed by atoms with Crippen LogP contribution < -0.4 is 5.32 Å². The summed E-state index contributed by atoms with van der Waals surface area (Å²) in [5.74, 6) is 0. The van der Waals surface area contributed by atoms with Gasteiger partial charge in [-0.25, -0.2) is 0 Å². The first-order valence-electron chi connectivity index (χ1n) is 5.70. The van der Waals surface area contributed by atoms with Crippen molar-refractivity contribution < 1.29 is 0 Å². The van der Waals surface area contributed by atoms with Crippen molar-refractivity contribution in [1.82, 2.24) is 5.32 Å². The summed E-state index contributed by atoms with van der Waals surface area (Å²) in [6.45, 7) is 0. The molecule has 2 unspecified atom stereocenters. The molecule has 1 fully saturated rings. The van der Waals surface area contributed by atoms with Gasteiger partial charge in [0, 0.05) is 14.6 Å². The number of hydrogen-bond acceptors (Lipinski definition) is 3. The summed E-state index contributed by atoms with van der Waals surface area (Å²) < 4.78 is 1.14. The highest BCUT2D eigenvalue weighted by atomic mass is 79.9.